The maximum atomic E-state index is 5.47. The molecule has 0 amide bonds. The van der Waals surface area contributed by atoms with E-state index >= 15 is 0 Å². The second kappa shape index (κ2) is 2.30. The number of hydrogen-bond acceptors (Lipinski definition) is 2. The van der Waals surface area contributed by atoms with Crippen LogP contribution in [-0.4, -0.2) is 10.8 Å². The lowest BCUT2D eigenvalue weighted by atomic mass is 9.59. The van der Waals surface area contributed by atoms with E-state index in [0.29, 0.717) is 5.11 Å². The van der Waals surface area contributed by atoms with Crippen LogP contribution in [0.15, 0.2) is 5.10 Å². The standard InChI is InChI=1S/C12H15N3S/c13-12(16)15-14-11-8-4-2-5-7-3(4)1-6(8)9(7)10(5)11/h3-10H,1-2H2,(H3,13,15,16)/b14-11-/t3-,4-,5+,6-,7+,8+,9-,10-/m0/s1. The molecule has 84 valence electrons. The van der Waals surface area contributed by atoms with Gasteiger partial charge in [-0.05, 0) is 60.6 Å². The normalized spacial score (nSPS) is 64.4. The first-order chi connectivity index (χ1) is 7.77. The minimum Gasteiger partial charge on any atom is -0.375 e. The Hall–Kier alpha value is -0.640. The average molecular weight is 233 g/mol. The van der Waals surface area contributed by atoms with Crippen LogP contribution in [0.4, 0.5) is 0 Å². The summed E-state index contributed by atoms with van der Waals surface area (Å²) in [6, 6.07) is 0. The third-order valence-electron chi connectivity index (χ3n) is 6.34. The first-order valence-corrected chi connectivity index (χ1v) is 6.81. The number of nitrogens with zero attached hydrogens (tertiary/aromatic N) is 1. The molecule has 3 N–H and O–H groups in total. The van der Waals surface area contributed by atoms with Crippen LogP contribution in [-0.2, 0) is 0 Å². The van der Waals surface area contributed by atoms with Crippen LogP contribution in [0.25, 0.3) is 0 Å². The Morgan fingerprint density at radius 1 is 1.12 bits per heavy atom. The summed E-state index contributed by atoms with van der Waals surface area (Å²) in [7, 11) is 0. The number of rotatable bonds is 1. The van der Waals surface area contributed by atoms with Crippen LogP contribution in [0.3, 0.4) is 0 Å². The van der Waals surface area contributed by atoms with E-state index in [4.69, 9.17) is 18.0 Å². The molecule has 5 aliphatic rings. The summed E-state index contributed by atoms with van der Waals surface area (Å²) in [5, 5.41) is 4.85. The van der Waals surface area contributed by atoms with Gasteiger partial charge in [0, 0.05) is 17.5 Å². The number of thiocarbonyl (C=S) groups is 1. The van der Waals surface area contributed by atoms with E-state index in [1.807, 2.05) is 0 Å². The average Bonchev–Trinajstić information content (AvgIpc) is 2.72. The van der Waals surface area contributed by atoms with Crippen LogP contribution in [0.1, 0.15) is 12.8 Å². The Balaban J connectivity index is 1.60. The Kier molecular flexibility index (Phi) is 1.22. The minimum absolute atomic E-state index is 0.311. The zero-order valence-electron chi connectivity index (χ0n) is 8.97. The lowest BCUT2D eigenvalue weighted by molar-refractivity contribution is 0.0503. The second-order valence-corrected chi connectivity index (χ2v) is 6.79. The summed E-state index contributed by atoms with van der Waals surface area (Å²) in [5.41, 5.74) is 9.75. The number of fused-ring (bicyclic) bond motifs is 2. The zero-order chi connectivity index (χ0) is 10.6. The van der Waals surface area contributed by atoms with Crippen molar-refractivity contribution in [2.45, 2.75) is 12.8 Å². The molecule has 16 heavy (non-hydrogen) atoms. The first kappa shape index (κ1) is 8.45. The van der Waals surface area contributed by atoms with E-state index < -0.39 is 0 Å². The van der Waals surface area contributed by atoms with Gasteiger partial charge in [0.25, 0.3) is 0 Å². The van der Waals surface area contributed by atoms with Crippen molar-refractivity contribution in [2.75, 3.05) is 0 Å². The molecule has 5 saturated carbocycles. The van der Waals surface area contributed by atoms with Gasteiger partial charge in [-0.15, -0.1) is 0 Å². The molecular weight excluding hydrogens is 218 g/mol. The first-order valence-electron chi connectivity index (χ1n) is 6.40. The van der Waals surface area contributed by atoms with Gasteiger partial charge in [0.05, 0.1) is 0 Å². The van der Waals surface area contributed by atoms with E-state index in [1.54, 1.807) is 0 Å². The minimum atomic E-state index is 0.311. The Morgan fingerprint density at radius 2 is 1.88 bits per heavy atom. The van der Waals surface area contributed by atoms with E-state index in [0.717, 1.165) is 47.3 Å². The van der Waals surface area contributed by atoms with Gasteiger partial charge in [0.1, 0.15) is 0 Å². The van der Waals surface area contributed by atoms with Crippen molar-refractivity contribution >= 4 is 23.0 Å². The van der Waals surface area contributed by atoms with Gasteiger partial charge in [0.2, 0.25) is 0 Å². The van der Waals surface area contributed by atoms with Gasteiger partial charge >= 0.3 is 0 Å². The summed E-state index contributed by atoms with van der Waals surface area (Å²) in [6.07, 6.45) is 3.01. The van der Waals surface area contributed by atoms with Crippen LogP contribution in [0, 0.1) is 47.3 Å². The lowest BCUT2D eigenvalue weighted by Crippen LogP contribution is -2.44. The molecule has 3 nitrogen and oxygen atoms in total. The number of nitrogens with two attached hydrogens (primary N) is 1. The summed E-state index contributed by atoms with van der Waals surface area (Å²) < 4.78 is 0. The van der Waals surface area contributed by atoms with Gasteiger partial charge in [-0.25, -0.2) is 0 Å². The summed E-state index contributed by atoms with van der Waals surface area (Å²) in [5.74, 6) is 7.72. The molecular formula is C12H15N3S. The van der Waals surface area contributed by atoms with Crippen molar-refractivity contribution in [3.05, 3.63) is 0 Å². The molecule has 0 spiro atoms. The van der Waals surface area contributed by atoms with Gasteiger partial charge < -0.3 is 5.73 Å². The highest BCUT2D eigenvalue weighted by atomic mass is 32.1. The molecule has 0 aromatic heterocycles. The fraction of sp³-hybridized carbons (Fsp3) is 0.833. The van der Waals surface area contributed by atoms with Crippen molar-refractivity contribution in [3.8, 4) is 0 Å². The quantitative estimate of drug-likeness (QED) is 0.524. The maximum absolute atomic E-state index is 5.47. The van der Waals surface area contributed by atoms with Gasteiger partial charge in [-0.2, -0.15) is 5.10 Å². The molecule has 5 aliphatic carbocycles. The van der Waals surface area contributed by atoms with Crippen LogP contribution >= 0.6 is 12.2 Å². The van der Waals surface area contributed by atoms with Crippen LogP contribution in [0.5, 0.6) is 0 Å². The van der Waals surface area contributed by atoms with Crippen molar-refractivity contribution < 1.29 is 0 Å². The SMILES string of the molecule is NC(=S)N/N=C1/[C@@H]2[C@H]3C[C@H]4[C@H]1[C@H]1[C@H]2C[C@@H]3[C@H]41. The molecule has 4 heteroatoms. The Morgan fingerprint density at radius 3 is 2.69 bits per heavy atom. The van der Waals surface area contributed by atoms with Crippen LogP contribution < -0.4 is 11.2 Å². The predicted octanol–water partition coefficient (Wildman–Crippen LogP) is 0.953. The number of nitrogens with one attached hydrogen (secondary N) is 1. The molecule has 0 radical (unpaired) electrons. The van der Waals surface area contributed by atoms with E-state index in [9.17, 15) is 0 Å². The van der Waals surface area contributed by atoms with E-state index in [-0.39, 0.29) is 0 Å². The molecule has 0 aromatic carbocycles. The van der Waals surface area contributed by atoms with Gasteiger partial charge in [-0.3, -0.25) is 5.43 Å². The van der Waals surface area contributed by atoms with Crippen molar-refractivity contribution in [1.82, 2.24) is 5.43 Å². The molecule has 0 heterocycles. The maximum Gasteiger partial charge on any atom is 0.184 e. The predicted molar refractivity (Wildman–Crippen MR) is 64.5 cm³/mol. The Bertz CT molecular complexity index is 440. The summed E-state index contributed by atoms with van der Waals surface area (Å²) in [6.45, 7) is 0. The molecule has 0 unspecified atom stereocenters. The highest BCUT2D eigenvalue weighted by Crippen LogP contribution is 2.81. The second-order valence-electron chi connectivity index (χ2n) is 6.35. The number of hydrogen-bond donors (Lipinski definition) is 2. The largest absolute Gasteiger partial charge is 0.375 e. The lowest BCUT2D eigenvalue weighted by Gasteiger charge is -2.44. The molecule has 0 aliphatic heterocycles. The highest BCUT2D eigenvalue weighted by Gasteiger charge is 2.79. The fourth-order valence-corrected chi connectivity index (χ4v) is 6.45. The van der Waals surface area contributed by atoms with Gasteiger partial charge in [0.15, 0.2) is 5.11 Å². The Labute approximate surface area is 99.8 Å². The molecule has 2 bridgehead atoms. The molecule has 0 aromatic rings. The summed E-state index contributed by atoms with van der Waals surface area (Å²) >= 11 is 4.84. The monoisotopic (exact) mass is 233 g/mol. The van der Waals surface area contributed by atoms with Crippen molar-refractivity contribution in [3.63, 3.8) is 0 Å². The molecule has 8 atom stereocenters. The molecule has 5 rings (SSSR count). The highest BCUT2D eigenvalue weighted by molar-refractivity contribution is 7.80. The van der Waals surface area contributed by atoms with Crippen LogP contribution in [0.2, 0.25) is 0 Å². The van der Waals surface area contributed by atoms with Gasteiger partial charge in [-0.1, -0.05) is 0 Å². The van der Waals surface area contributed by atoms with E-state index in [1.165, 1.54) is 18.6 Å². The molecule has 0 saturated heterocycles. The van der Waals surface area contributed by atoms with E-state index in [2.05, 4.69) is 10.5 Å². The zero-order valence-corrected chi connectivity index (χ0v) is 9.78. The van der Waals surface area contributed by atoms with Crippen molar-refractivity contribution in [2.24, 2.45) is 58.2 Å². The third-order valence-corrected chi connectivity index (χ3v) is 6.43. The topological polar surface area (TPSA) is 50.4 Å². The number of hydrazone groups is 1. The fourth-order valence-electron chi connectivity index (χ4n) is 6.40. The molecule has 5 fully saturated rings. The van der Waals surface area contributed by atoms with Crippen molar-refractivity contribution in [1.29, 1.82) is 0 Å². The smallest absolute Gasteiger partial charge is 0.184 e. The third kappa shape index (κ3) is 0.643. The summed E-state index contributed by atoms with van der Waals surface area (Å²) in [4.78, 5) is 0.